The van der Waals surface area contributed by atoms with E-state index in [2.05, 4.69) is 34.6 Å². The molecule has 25 heavy (non-hydrogen) atoms. The number of allylic oxidation sites excluding steroid dienone is 3. The molecule has 2 aromatic heterocycles. The molecule has 1 saturated heterocycles. The molecule has 134 valence electrons. The van der Waals surface area contributed by atoms with Crippen LogP contribution in [0.5, 0.6) is 0 Å². The minimum Gasteiger partial charge on any atom is -0.378 e. The fourth-order valence-electron chi connectivity index (χ4n) is 2.73. The Balaban J connectivity index is 0.00000109. The van der Waals surface area contributed by atoms with Crippen LogP contribution in [0.3, 0.4) is 0 Å². The van der Waals surface area contributed by atoms with E-state index >= 15 is 0 Å². The van der Waals surface area contributed by atoms with Gasteiger partial charge in [-0.2, -0.15) is 5.10 Å². The number of hydrogen-bond acceptors (Lipinski definition) is 4. The molecule has 0 atom stereocenters. The lowest BCUT2D eigenvalue weighted by molar-refractivity contribution is 0.122. The van der Waals surface area contributed by atoms with E-state index in [9.17, 15) is 0 Å². The molecule has 0 amide bonds. The zero-order valence-corrected chi connectivity index (χ0v) is 15.7. The summed E-state index contributed by atoms with van der Waals surface area (Å²) >= 11 is 0. The van der Waals surface area contributed by atoms with Crippen molar-refractivity contribution in [3.63, 3.8) is 0 Å². The van der Waals surface area contributed by atoms with E-state index in [1.807, 2.05) is 50.0 Å². The molecular weight excluding hydrogens is 312 g/mol. The minimum atomic E-state index is 0.764. The van der Waals surface area contributed by atoms with Crippen molar-refractivity contribution in [1.29, 1.82) is 0 Å². The highest BCUT2D eigenvalue weighted by Crippen LogP contribution is 2.20. The van der Waals surface area contributed by atoms with Gasteiger partial charge in [-0.15, -0.1) is 0 Å². The van der Waals surface area contributed by atoms with Gasteiger partial charge in [-0.05, 0) is 37.1 Å². The second kappa shape index (κ2) is 9.18. The summed E-state index contributed by atoms with van der Waals surface area (Å²) in [7, 11) is 0. The van der Waals surface area contributed by atoms with Crippen LogP contribution < -0.4 is 4.90 Å². The third-order valence-corrected chi connectivity index (χ3v) is 3.97. The number of aromatic nitrogens is 3. The average Bonchev–Trinajstić information content (AvgIpc) is 3.06. The van der Waals surface area contributed by atoms with Crippen molar-refractivity contribution in [2.75, 3.05) is 31.2 Å². The van der Waals surface area contributed by atoms with Gasteiger partial charge in [-0.25, -0.2) is 9.67 Å². The summed E-state index contributed by atoms with van der Waals surface area (Å²) in [5.74, 6) is 0.990. The maximum Gasteiger partial charge on any atom is 0.128 e. The standard InChI is InChI=1S/C18H22N4O.C2H6/c1-4-5-14(2)18-15(3)13-22(20-18)16-6-7-17(19-12-16)21-8-10-23-11-9-21;1-2/h4-7,12-13H,1,8-11H2,2-3H3;1-2H3/b14-5+;. The Hall–Kier alpha value is -2.40. The first kappa shape index (κ1) is 18.9. The van der Waals surface area contributed by atoms with E-state index < -0.39 is 0 Å². The molecule has 3 rings (SSSR count). The van der Waals surface area contributed by atoms with Crippen LogP contribution in [0.2, 0.25) is 0 Å². The Morgan fingerprint density at radius 3 is 2.56 bits per heavy atom. The Labute approximate surface area is 150 Å². The number of anilines is 1. The van der Waals surface area contributed by atoms with E-state index in [4.69, 9.17) is 4.74 Å². The highest BCUT2D eigenvalue weighted by molar-refractivity contribution is 5.64. The monoisotopic (exact) mass is 340 g/mol. The van der Waals surface area contributed by atoms with E-state index in [0.717, 1.165) is 54.6 Å². The van der Waals surface area contributed by atoms with Crippen LogP contribution >= 0.6 is 0 Å². The normalized spacial score (nSPS) is 14.7. The Morgan fingerprint density at radius 1 is 1.24 bits per heavy atom. The zero-order chi connectivity index (χ0) is 18.2. The van der Waals surface area contributed by atoms with Gasteiger partial charge in [0.25, 0.3) is 0 Å². The number of morpholine rings is 1. The van der Waals surface area contributed by atoms with Crippen molar-refractivity contribution in [3.8, 4) is 5.69 Å². The van der Waals surface area contributed by atoms with Crippen LogP contribution in [0.1, 0.15) is 32.0 Å². The van der Waals surface area contributed by atoms with Gasteiger partial charge in [0.2, 0.25) is 0 Å². The highest BCUT2D eigenvalue weighted by Gasteiger charge is 2.13. The van der Waals surface area contributed by atoms with Crippen LogP contribution in [-0.2, 0) is 4.74 Å². The predicted molar refractivity (Wildman–Crippen MR) is 104 cm³/mol. The quantitative estimate of drug-likeness (QED) is 0.788. The van der Waals surface area contributed by atoms with Crippen molar-refractivity contribution in [3.05, 3.63) is 54.5 Å². The van der Waals surface area contributed by atoms with Crippen molar-refractivity contribution < 1.29 is 4.74 Å². The summed E-state index contributed by atoms with van der Waals surface area (Å²) in [5.41, 5.74) is 4.19. The van der Waals surface area contributed by atoms with Crippen LogP contribution in [0, 0.1) is 6.92 Å². The molecule has 0 aliphatic carbocycles. The molecule has 0 N–H and O–H groups in total. The number of ether oxygens (including phenoxy) is 1. The third-order valence-electron chi connectivity index (χ3n) is 3.97. The lowest BCUT2D eigenvalue weighted by Gasteiger charge is -2.27. The van der Waals surface area contributed by atoms with Gasteiger partial charge in [0.1, 0.15) is 5.82 Å². The first-order valence-electron chi connectivity index (χ1n) is 8.84. The van der Waals surface area contributed by atoms with Crippen LogP contribution in [0.15, 0.2) is 43.3 Å². The summed E-state index contributed by atoms with van der Waals surface area (Å²) in [5, 5.41) is 4.67. The Bertz CT molecular complexity index is 710. The number of hydrogen-bond donors (Lipinski definition) is 0. The van der Waals surface area contributed by atoms with E-state index in [-0.39, 0.29) is 0 Å². The summed E-state index contributed by atoms with van der Waals surface area (Å²) in [6.45, 7) is 15.2. The predicted octanol–water partition coefficient (Wildman–Crippen LogP) is 4.03. The molecule has 1 fully saturated rings. The van der Waals surface area contributed by atoms with Crippen molar-refractivity contribution in [2.45, 2.75) is 27.7 Å². The molecule has 0 saturated carbocycles. The van der Waals surface area contributed by atoms with Gasteiger partial charge in [-0.3, -0.25) is 0 Å². The van der Waals surface area contributed by atoms with Gasteiger partial charge in [0.05, 0.1) is 30.8 Å². The smallest absolute Gasteiger partial charge is 0.128 e. The van der Waals surface area contributed by atoms with Gasteiger partial charge < -0.3 is 9.64 Å². The number of rotatable bonds is 4. The van der Waals surface area contributed by atoms with Crippen molar-refractivity contribution in [2.24, 2.45) is 0 Å². The maximum absolute atomic E-state index is 5.38. The fourth-order valence-corrected chi connectivity index (χ4v) is 2.73. The SMILES string of the molecule is C=C/C=C(\C)c1nn(-c2ccc(N3CCOCC3)nc2)cc1C.CC. The van der Waals surface area contributed by atoms with Gasteiger partial charge in [0.15, 0.2) is 0 Å². The molecule has 0 bridgehead atoms. The molecular formula is C20H28N4O. The lowest BCUT2D eigenvalue weighted by Crippen LogP contribution is -2.36. The molecule has 0 aromatic carbocycles. The topological polar surface area (TPSA) is 43.2 Å². The van der Waals surface area contributed by atoms with Gasteiger partial charge in [-0.1, -0.05) is 32.6 Å². The number of pyridine rings is 1. The molecule has 1 aliphatic rings. The molecule has 0 spiro atoms. The molecule has 5 heteroatoms. The summed E-state index contributed by atoms with van der Waals surface area (Å²) < 4.78 is 7.25. The number of aryl methyl sites for hydroxylation is 1. The van der Waals surface area contributed by atoms with E-state index in [1.54, 1.807) is 6.08 Å². The largest absolute Gasteiger partial charge is 0.378 e. The van der Waals surface area contributed by atoms with E-state index in [1.165, 1.54) is 0 Å². The summed E-state index contributed by atoms with van der Waals surface area (Å²) in [6.07, 6.45) is 7.65. The Kier molecular flexibility index (Phi) is 6.95. The molecule has 5 nitrogen and oxygen atoms in total. The summed E-state index contributed by atoms with van der Waals surface area (Å²) in [6, 6.07) is 4.10. The maximum atomic E-state index is 5.38. The molecule has 0 unspecified atom stereocenters. The second-order valence-corrected chi connectivity index (χ2v) is 5.66. The first-order chi connectivity index (χ1) is 12.2. The lowest BCUT2D eigenvalue weighted by atomic mass is 10.1. The van der Waals surface area contributed by atoms with Crippen LogP contribution in [-0.4, -0.2) is 41.1 Å². The molecule has 0 radical (unpaired) electrons. The van der Waals surface area contributed by atoms with Crippen LogP contribution in [0.4, 0.5) is 5.82 Å². The fraction of sp³-hybridized carbons (Fsp3) is 0.400. The number of nitrogens with zero attached hydrogens (tertiary/aromatic N) is 4. The first-order valence-corrected chi connectivity index (χ1v) is 8.84. The van der Waals surface area contributed by atoms with Gasteiger partial charge in [0, 0.05) is 19.3 Å². The third kappa shape index (κ3) is 4.57. The van der Waals surface area contributed by atoms with Gasteiger partial charge >= 0.3 is 0 Å². The highest BCUT2D eigenvalue weighted by atomic mass is 16.5. The zero-order valence-electron chi connectivity index (χ0n) is 15.7. The Morgan fingerprint density at radius 2 is 1.96 bits per heavy atom. The summed E-state index contributed by atoms with van der Waals surface area (Å²) in [4.78, 5) is 6.82. The minimum absolute atomic E-state index is 0.764. The van der Waals surface area contributed by atoms with Crippen LogP contribution in [0.25, 0.3) is 11.3 Å². The molecule has 2 aromatic rings. The van der Waals surface area contributed by atoms with Crippen molar-refractivity contribution >= 4 is 11.4 Å². The second-order valence-electron chi connectivity index (χ2n) is 5.66. The van der Waals surface area contributed by atoms with E-state index in [0.29, 0.717) is 0 Å². The molecule has 3 heterocycles. The average molecular weight is 340 g/mol. The molecule has 1 aliphatic heterocycles. The van der Waals surface area contributed by atoms with Crippen molar-refractivity contribution in [1.82, 2.24) is 14.8 Å².